The summed E-state index contributed by atoms with van der Waals surface area (Å²) in [5.41, 5.74) is 20.6. The second-order valence-electron chi connectivity index (χ2n) is 20.6. The molecule has 0 aliphatic carbocycles. The van der Waals surface area contributed by atoms with Crippen molar-refractivity contribution in [2.75, 3.05) is 0 Å². The van der Waals surface area contributed by atoms with Crippen LogP contribution in [0.2, 0.25) is 10.8 Å². The van der Waals surface area contributed by atoms with Crippen LogP contribution in [0.15, 0.2) is 59.7 Å². The van der Waals surface area contributed by atoms with Crippen LogP contribution in [0.5, 0.6) is 0 Å². The summed E-state index contributed by atoms with van der Waals surface area (Å²) < 4.78 is 1.45. The zero-order valence-corrected chi connectivity index (χ0v) is 47.5. The summed E-state index contributed by atoms with van der Waals surface area (Å²) in [6.07, 6.45) is 53.8. The number of hydrogen-bond acceptors (Lipinski definition) is 0. The van der Waals surface area contributed by atoms with Crippen molar-refractivity contribution in [3.05, 3.63) is 87.5 Å². The molecule has 1 aliphatic rings. The Morgan fingerprint density at radius 3 is 1.26 bits per heavy atom. The van der Waals surface area contributed by atoms with Crippen LogP contribution in [-0.4, -0.2) is 4.70 Å². The first-order valence-electron chi connectivity index (χ1n) is 30.1. The maximum atomic E-state index is 11.9. The van der Waals surface area contributed by atoms with Gasteiger partial charge in [-0.15, -0.1) is 0 Å². The van der Waals surface area contributed by atoms with E-state index < -0.39 is 0 Å². The summed E-state index contributed by atoms with van der Waals surface area (Å²) in [6.45, 7) is 13.6. The van der Waals surface area contributed by atoms with Gasteiger partial charge in [0.25, 0.3) is 0 Å². The number of aryl methyl sites for hydroxylation is 2. The fourth-order valence-corrected chi connectivity index (χ4v) is 11.0. The first kappa shape index (κ1) is 62.7. The van der Waals surface area contributed by atoms with Gasteiger partial charge in [-0.25, -0.2) is 4.70 Å². The van der Waals surface area contributed by atoms with E-state index in [4.69, 9.17) is 0 Å². The van der Waals surface area contributed by atoms with Crippen molar-refractivity contribution < 1.29 is 19.1 Å². The van der Waals surface area contributed by atoms with Gasteiger partial charge in [0.15, 0.2) is 0 Å². The summed E-state index contributed by atoms with van der Waals surface area (Å²) in [6, 6.07) is 17.7. The van der Waals surface area contributed by atoms with Gasteiger partial charge in [0.05, 0.1) is 0 Å². The van der Waals surface area contributed by atoms with Gasteiger partial charge in [-0.05, 0) is 73.9 Å². The van der Waals surface area contributed by atoms with Crippen molar-refractivity contribution >= 4 is 11.4 Å². The number of allylic oxidation sites excluding steroid dienone is 2. The number of nitrogens with zero attached hydrogens (tertiary/aromatic N) is 2. The Morgan fingerprint density at radius 2 is 0.812 bits per heavy atom. The van der Waals surface area contributed by atoms with Crippen molar-refractivity contribution in [2.24, 2.45) is 0 Å². The van der Waals surface area contributed by atoms with Crippen LogP contribution < -0.4 is 0 Å². The minimum atomic E-state index is 0.827. The molecule has 0 amide bonds. The fraction of sp³-hybridized carbons (Fsp3) is 0.727. The van der Waals surface area contributed by atoms with Gasteiger partial charge in [0.2, 0.25) is 11.4 Å². The van der Waals surface area contributed by atoms with Crippen molar-refractivity contribution in [1.29, 1.82) is 0 Å². The third kappa shape index (κ3) is 30.3. The second-order valence-corrected chi connectivity index (χ2v) is 22.1. The molecule has 0 fully saturated rings. The average molecular weight is 990 g/mol. The summed E-state index contributed by atoms with van der Waals surface area (Å²) in [7, 11) is 0. The Morgan fingerprint density at radius 1 is 0.406 bits per heavy atom. The van der Waals surface area contributed by atoms with E-state index in [2.05, 4.69) is 102 Å². The van der Waals surface area contributed by atoms with Gasteiger partial charge in [-0.3, -0.25) is 0 Å². The molecule has 69 heavy (non-hydrogen) atoms. The molecule has 0 N–H and O–H groups in total. The molecule has 0 saturated heterocycles. The summed E-state index contributed by atoms with van der Waals surface area (Å²) in [5.74, 6) is 7.14. The molecular formula is C66H110N2Ni. The molecule has 0 spiro atoms. The van der Waals surface area contributed by atoms with E-state index >= 15 is 0 Å². The van der Waals surface area contributed by atoms with Gasteiger partial charge in [-0.2, -0.15) is 0 Å². The second kappa shape index (κ2) is 45.4. The van der Waals surface area contributed by atoms with E-state index in [1.165, 1.54) is 251 Å². The third-order valence-electron chi connectivity index (χ3n) is 14.2. The Labute approximate surface area is 436 Å². The molecule has 0 bridgehead atoms. The van der Waals surface area contributed by atoms with E-state index in [0.29, 0.717) is 0 Å². The monoisotopic (exact) mass is 989 g/mol. The molecule has 3 heteroatoms. The Kier molecular flexibility index (Phi) is 41.3. The zero-order valence-electron chi connectivity index (χ0n) is 46.5. The van der Waals surface area contributed by atoms with E-state index in [1.54, 1.807) is 0 Å². The minimum absolute atomic E-state index is 0.827. The molecular weight excluding hydrogens is 879 g/mol. The van der Waals surface area contributed by atoms with Crippen LogP contribution in [0.3, 0.4) is 0 Å². The average Bonchev–Trinajstić information content (AvgIpc) is 3.65. The van der Waals surface area contributed by atoms with Gasteiger partial charge >= 0.3 is 142 Å². The van der Waals surface area contributed by atoms with Crippen molar-refractivity contribution in [2.45, 2.75) is 309 Å². The molecule has 2 aromatic rings. The first-order valence-corrected chi connectivity index (χ1v) is 31.5. The third-order valence-corrected chi connectivity index (χ3v) is 15.6. The molecule has 2 aromatic carbocycles. The molecule has 0 aromatic heterocycles. The molecule has 0 unspecified atom stereocenters. The Hall–Kier alpha value is -2.43. The van der Waals surface area contributed by atoms with Crippen LogP contribution in [0.25, 0.3) is 16.9 Å². The summed E-state index contributed by atoms with van der Waals surface area (Å²) >= 11 is 2.02. The molecule has 1 aliphatic heterocycles. The van der Waals surface area contributed by atoms with Crippen LogP contribution in [0.4, 0.5) is 0 Å². The standard InChI is InChI=1S/C46H68N2.2C10H21.Ni/c1-5-9-12-13-14-15-16-17-18-19-20-21-22-23-24-27-33-44-43(8-4)45(41-36-34-39(35-37-41)29-25-10-6-2)48(47)46(44)42-32-28-31-40(38-42)30-26-11-7-3;2*1-3-5-7-9-10-8-6-4-2;/h28,31-32,34-38H,5-26,29-30H2,1-4H3;2*1,3-10H2,2H3;. The van der Waals surface area contributed by atoms with E-state index in [9.17, 15) is 5.53 Å². The molecule has 0 saturated carbocycles. The van der Waals surface area contributed by atoms with Crippen LogP contribution in [0.1, 0.15) is 308 Å². The van der Waals surface area contributed by atoms with E-state index in [-0.39, 0.29) is 0 Å². The van der Waals surface area contributed by atoms with Gasteiger partial charge in [0.1, 0.15) is 5.57 Å². The van der Waals surface area contributed by atoms with E-state index in [0.717, 1.165) is 65.8 Å². The number of benzene rings is 2. The Bertz CT molecular complexity index is 1640. The Balaban J connectivity index is 0.000000653. The predicted molar refractivity (Wildman–Crippen MR) is 305 cm³/mol. The van der Waals surface area contributed by atoms with Gasteiger partial charge in [0, 0.05) is 23.1 Å². The van der Waals surface area contributed by atoms with Crippen molar-refractivity contribution in [3.8, 4) is 11.8 Å². The molecule has 0 atom stereocenters. The number of rotatable bonds is 43. The number of unbranched alkanes of at least 4 members (excludes halogenated alkanes) is 32. The van der Waals surface area contributed by atoms with Crippen molar-refractivity contribution in [1.82, 2.24) is 0 Å². The van der Waals surface area contributed by atoms with Gasteiger partial charge in [-0.1, -0.05) is 173 Å². The molecule has 0 radical (unpaired) electrons. The SMILES string of the molecule is CCCCCCCCCCCCCCCCC#CC1=C(c2cccc(CCCCC)c2)[N+](=[N-])C(c2ccc(CCCCC)cc2)=C1CC.CCCCCCCCC[CH2][Ni][CH2]CCCCCCCCC. The topological polar surface area (TPSA) is 25.3 Å². The van der Waals surface area contributed by atoms with E-state index in [1.807, 2.05) is 14.4 Å². The van der Waals surface area contributed by atoms with Crippen molar-refractivity contribution in [3.63, 3.8) is 0 Å². The number of hydrogen-bond donors (Lipinski definition) is 0. The van der Waals surface area contributed by atoms with Crippen LogP contribution in [0, 0.1) is 11.8 Å². The van der Waals surface area contributed by atoms with Crippen LogP contribution in [-0.2, 0) is 27.3 Å². The summed E-state index contributed by atoms with van der Waals surface area (Å²) in [4.78, 5) is 0. The molecule has 1 heterocycles. The normalized spacial score (nSPS) is 12.5. The summed E-state index contributed by atoms with van der Waals surface area (Å²) in [5, 5.41) is 2.86. The van der Waals surface area contributed by atoms with Gasteiger partial charge < -0.3 is 5.53 Å². The predicted octanol–water partition coefficient (Wildman–Crippen LogP) is 22.8. The quantitative estimate of drug-likeness (QED) is 0.0274. The maximum absolute atomic E-state index is 11.9. The zero-order chi connectivity index (χ0) is 49.7. The molecule has 394 valence electrons. The fourth-order valence-electron chi connectivity index (χ4n) is 9.73. The molecule has 3 rings (SSSR count). The first-order chi connectivity index (χ1) is 34.1. The molecule has 2 nitrogen and oxygen atoms in total. The van der Waals surface area contributed by atoms with Crippen LogP contribution >= 0.6 is 0 Å².